The van der Waals surface area contributed by atoms with Crippen LogP contribution in [0.2, 0.25) is 5.02 Å². The van der Waals surface area contributed by atoms with Crippen molar-refractivity contribution in [3.63, 3.8) is 0 Å². The Bertz CT molecular complexity index is 1660. The second-order valence-corrected chi connectivity index (χ2v) is 9.28. The van der Waals surface area contributed by atoms with Crippen LogP contribution < -0.4 is 14.2 Å². The maximum absolute atomic E-state index is 13.8. The predicted octanol–water partition coefficient (Wildman–Crippen LogP) is 7.16. The van der Waals surface area contributed by atoms with E-state index in [-0.39, 0.29) is 19.0 Å². The molecule has 8 heteroatoms. The third-order valence-electron chi connectivity index (χ3n) is 6.49. The molecule has 0 amide bonds. The third kappa shape index (κ3) is 4.41. The van der Waals surface area contributed by atoms with Gasteiger partial charge in [0, 0.05) is 27.6 Å². The van der Waals surface area contributed by atoms with Crippen LogP contribution in [0, 0.1) is 5.82 Å². The van der Waals surface area contributed by atoms with E-state index in [2.05, 4.69) is 0 Å². The summed E-state index contributed by atoms with van der Waals surface area (Å²) >= 11 is 6.55. The van der Waals surface area contributed by atoms with Crippen LogP contribution in [0.5, 0.6) is 17.2 Å². The van der Waals surface area contributed by atoms with Gasteiger partial charge in [0.15, 0.2) is 11.5 Å². The van der Waals surface area contributed by atoms with E-state index in [9.17, 15) is 14.3 Å². The first-order valence-corrected chi connectivity index (χ1v) is 12.3. The molecule has 0 spiro atoms. The Kier molecular flexibility index (Phi) is 6.13. The molecule has 0 saturated heterocycles. The standard InChI is InChI=1S/C30H21ClFNO5/c31-24-14-27-26(37-17-38-27)12-20(24)15-33-25-11-10-22(36-16-18-4-2-1-3-5-18)13-23(25)28(29(33)30(34)35)19-6-8-21(32)9-7-19/h1-14H,15-17H2,(H,34,35). The van der Waals surface area contributed by atoms with Crippen molar-refractivity contribution < 1.29 is 28.5 Å². The molecule has 0 atom stereocenters. The van der Waals surface area contributed by atoms with Gasteiger partial charge < -0.3 is 23.9 Å². The van der Waals surface area contributed by atoms with Crippen molar-refractivity contribution in [2.24, 2.45) is 0 Å². The lowest BCUT2D eigenvalue weighted by molar-refractivity contribution is 0.0687. The molecule has 0 bridgehead atoms. The maximum atomic E-state index is 13.8. The minimum Gasteiger partial charge on any atom is -0.489 e. The summed E-state index contributed by atoms with van der Waals surface area (Å²) in [6.07, 6.45) is 0. The number of carboxylic acid groups (broad SMARTS) is 1. The van der Waals surface area contributed by atoms with Crippen molar-refractivity contribution in [2.45, 2.75) is 13.2 Å². The van der Waals surface area contributed by atoms with Gasteiger partial charge in [-0.25, -0.2) is 9.18 Å². The van der Waals surface area contributed by atoms with Gasteiger partial charge in [-0.15, -0.1) is 0 Å². The lowest BCUT2D eigenvalue weighted by Gasteiger charge is -2.12. The summed E-state index contributed by atoms with van der Waals surface area (Å²) in [5, 5.41) is 11.5. The van der Waals surface area contributed by atoms with Crippen LogP contribution in [0.25, 0.3) is 22.0 Å². The molecule has 1 aliphatic rings. The Hall–Kier alpha value is -4.49. The van der Waals surface area contributed by atoms with Crippen molar-refractivity contribution in [2.75, 3.05) is 6.79 Å². The predicted molar refractivity (Wildman–Crippen MR) is 142 cm³/mol. The molecule has 1 N–H and O–H groups in total. The normalized spacial score (nSPS) is 12.2. The van der Waals surface area contributed by atoms with Crippen molar-refractivity contribution in [3.8, 4) is 28.4 Å². The van der Waals surface area contributed by atoms with E-state index in [1.165, 1.54) is 12.1 Å². The maximum Gasteiger partial charge on any atom is 0.353 e. The van der Waals surface area contributed by atoms with Crippen LogP contribution >= 0.6 is 11.6 Å². The van der Waals surface area contributed by atoms with Gasteiger partial charge in [-0.05, 0) is 53.1 Å². The van der Waals surface area contributed by atoms with E-state index in [1.807, 2.05) is 48.5 Å². The highest BCUT2D eigenvalue weighted by Crippen LogP contribution is 2.40. The average Bonchev–Trinajstić information content (AvgIpc) is 3.50. The van der Waals surface area contributed by atoms with Crippen LogP contribution in [-0.2, 0) is 13.2 Å². The molecule has 1 aromatic heterocycles. The van der Waals surface area contributed by atoms with E-state index >= 15 is 0 Å². The number of nitrogens with zero attached hydrogens (tertiary/aromatic N) is 1. The van der Waals surface area contributed by atoms with Crippen LogP contribution in [0.1, 0.15) is 21.6 Å². The fourth-order valence-corrected chi connectivity index (χ4v) is 4.92. The fraction of sp³-hybridized carbons (Fsp3) is 0.100. The molecule has 1 aliphatic heterocycles. The lowest BCUT2D eigenvalue weighted by atomic mass is 10.0. The third-order valence-corrected chi connectivity index (χ3v) is 6.84. The zero-order valence-electron chi connectivity index (χ0n) is 20.0. The van der Waals surface area contributed by atoms with Gasteiger partial charge in [-0.2, -0.15) is 0 Å². The number of aromatic nitrogens is 1. The Morgan fingerprint density at radius 1 is 0.974 bits per heavy atom. The zero-order chi connectivity index (χ0) is 26.2. The van der Waals surface area contributed by atoms with Gasteiger partial charge in [0.2, 0.25) is 6.79 Å². The molecule has 38 heavy (non-hydrogen) atoms. The largest absolute Gasteiger partial charge is 0.489 e. The molecular weight excluding hydrogens is 509 g/mol. The molecule has 190 valence electrons. The summed E-state index contributed by atoms with van der Waals surface area (Å²) in [5.74, 6) is 0.146. The molecule has 6 nitrogen and oxygen atoms in total. The Labute approximate surface area is 222 Å². The summed E-state index contributed by atoms with van der Waals surface area (Å²) in [4.78, 5) is 12.7. The molecule has 5 aromatic rings. The van der Waals surface area contributed by atoms with Crippen LogP contribution in [-0.4, -0.2) is 22.4 Å². The van der Waals surface area contributed by atoms with Gasteiger partial charge >= 0.3 is 5.97 Å². The molecule has 0 aliphatic carbocycles. The first-order valence-electron chi connectivity index (χ1n) is 11.9. The summed E-state index contributed by atoms with van der Waals surface area (Å²) in [6, 6.07) is 24.4. The summed E-state index contributed by atoms with van der Waals surface area (Å²) in [5.41, 5.74) is 3.44. The number of aromatic carboxylic acids is 1. The lowest BCUT2D eigenvalue weighted by Crippen LogP contribution is -2.11. The number of fused-ring (bicyclic) bond motifs is 2. The van der Waals surface area contributed by atoms with Gasteiger partial charge in [-0.3, -0.25) is 0 Å². The van der Waals surface area contributed by atoms with E-state index in [1.54, 1.807) is 28.8 Å². The van der Waals surface area contributed by atoms with Crippen molar-refractivity contribution in [3.05, 3.63) is 113 Å². The average molecular weight is 530 g/mol. The quantitative estimate of drug-likeness (QED) is 0.242. The summed E-state index contributed by atoms with van der Waals surface area (Å²) < 4.78 is 32.4. The Balaban J connectivity index is 1.50. The number of rotatable bonds is 7. The SMILES string of the molecule is O=C(O)c1c(-c2ccc(F)cc2)c2cc(OCc3ccccc3)ccc2n1Cc1cc2c(cc1Cl)OCO2. The highest BCUT2D eigenvalue weighted by Gasteiger charge is 2.26. The van der Waals surface area contributed by atoms with Crippen molar-refractivity contribution >= 4 is 28.5 Å². The van der Waals surface area contributed by atoms with Crippen LogP contribution in [0.3, 0.4) is 0 Å². The van der Waals surface area contributed by atoms with Gasteiger partial charge in [0.25, 0.3) is 0 Å². The van der Waals surface area contributed by atoms with E-state index < -0.39 is 11.8 Å². The smallest absolute Gasteiger partial charge is 0.353 e. The van der Waals surface area contributed by atoms with Crippen molar-refractivity contribution in [1.29, 1.82) is 0 Å². The monoisotopic (exact) mass is 529 g/mol. The molecule has 0 unspecified atom stereocenters. The minimum atomic E-state index is -1.12. The number of carboxylic acids is 1. The second-order valence-electron chi connectivity index (χ2n) is 8.87. The van der Waals surface area contributed by atoms with Gasteiger partial charge in [-0.1, -0.05) is 54.1 Å². The number of ether oxygens (including phenoxy) is 3. The number of benzene rings is 4. The van der Waals surface area contributed by atoms with E-state index in [4.69, 9.17) is 25.8 Å². The second kappa shape index (κ2) is 9.76. The zero-order valence-corrected chi connectivity index (χ0v) is 20.7. The van der Waals surface area contributed by atoms with Crippen molar-refractivity contribution in [1.82, 2.24) is 4.57 Å². The number of halogens is 2. The molecular formula is C30H21ClFNO5. The molecule has 4 aromatic carbocycles. The van der Waals surface area contributed by atoms with E-state index in [0.29, 0.717) is 56.5 Å². The van der Waals surface area contributed by atoms with E-state index in [0.717, 1.165) is 5.56 Å². The topological polar surface area (TPSA) is 69.9 Å². The van der Waals surface area contributed by atoms with Crippen LogP contribution in [0.4, 0.5) is 4.39 Å². The number of hydrogen-bond donors (Lipinski definition) is 1. The van der Waals surface area contributed by atoms with Gasteiger partial charge in [0.1, 0.15) is 23.9 Å². The number of hydrogen-bond acceptors (Lipinski definition) is 4. The summed E-state index contributed by atoms with van der Waals surface area (Å²) in [6.45, 7) is 0.624. The molecule has 2 heterocycles. The fourth-order valence-electron chi connectivity index (χ4n) is 4.71. The molecule has 0 saturated carbocycles. The minimum absolute atomic E-state index is 0.0561. The summed E-state index contributed by atoms with van der Waals surface area (Å²) in [7, 11) is 0. The highest BCUT2D eigenvalue weighted by atomic mass is 35.5. The van der Waals surface area contributed by atoms with Crippen LogP contribution in [0.15, 0.2) is 84.9 Å². The van der Waals surface area contributed by atoms with Gasteiger partial charge in [0.05, 0.1) is 6.54 Å². The Morgan fingerprint density at radius 3 is 2.45 bits per heavy atom. The number of carbonyl (C=O) groups is 1. The Morgan fingerprint density at radius 2 is 1.71 bits per heavy atom. The first-order chi connectivity index (χ1) is 18.5. The highest BCUT2D eigenvalue weighted by molar-refractivity contribution is 6.31. The first kappa shape index (κ1) is 23.9. The molecule has 6 rings (SSSR count). The molecule has 0 radical (unpaired) electrons. The molecule has 0 fully saturated rings.